The number of aliphatic hydroxyl groups is 2. The summed E-state index contributed by atoms with van der Waals surface area (Å²) >= 11 is 0. The monoisotopic (exact) mass is 244 g/mol. The van der Waals surface area contributed by atoms with Gasteiger partial charge in [0.1, 0.15) is 0 Å². The minimum Gasteiger partial charge on any atom is -0.393 e. The van der Waals surface area contributed by atoms with Gasteiger partial charge in [0.25, 0.3) is 0 Å². The quantitative estimate of drug-likeness (QED) is 0.644. The summed E-state index contributed by atoms with van der Waals surface area (Å²) in [6, 6.07) is 0. The third-order valence-electron chi connectivity index (χ3n) is 3.05. The minimum absolute atomic E-state index is 0.149. The molecule has 0 aromatic carbocycles. The molecule has 0 saturated carbocycles. The molecular formula is C12H24N2O3. The van der Waals surface area contributed by atoms with E-state index in [0.29, 0.717) is 25.9 Å². The van der Waals surface area contributed by atoms with E-state index in [2.05, 4.69) is 0 Å². The lowest BCUT2D eigenvalue weighted by Gasteiger charge is -2.24. The molecule has 17 heavy (non-hydrogen) atoms. The fraction of sp³-hybridized carbons (Fsp3) is 0.917. The van der Waals surface area contributed by atoms with Gasteiger partial charge in [-0.05, 0) is 26.8 Å². The van der Waals surface area contributed by atoms with Gasteiger partial charge in [0.2, 0.25) is 5.91 Å². The number of likely N-dealkylation sites (N-methyl/N-ethyl adjacent to an activating group) is 1. The normalized spacial score (nSPS) is 20.1. The van der Waals surface area contributed by atoms with Crippen LogP contribution in [0.3, 0.4) is 0 Å². The highest BCUT2D eigenvalue weighted by Crippen LogP contribution is 2.10. The zero-order valence-corrected chi connectivity index (χ0v) is 10.8. The molecule has 0 bridgehead atoms. The van der Waals surface area contributed by atoms with Gasteiger partial charge in [-0.25, -0.2) is 0 Å². The summed E-state index contributed by atoms with van der Waals surface area (Å²) < 4.78 is 0. The van der Waals surface area contributed by atoms with Crippen LogP contribution in [0.5, 0.6) is 0 Å². The molecule has 5 nitrogen and oxygen atoms in total. The van der Waals surface area contributed by atoms with Gasteiger partial charge in [-0.15, -0.1) is 0 Å². The fourth-order valence-corrected chi connectivity index (χ4v) is 2.07. The number of hydrogen-bond acceptors (Lipinski definition) is 4. The van der Waals surface area contributed by atoms with Crippen LogP contribution < -0.4 is 0 Å². The zero-order chi connectivity index (χ0) is 12.8. The molecule has 2 atom stereocenters. The molecule has 0 aliphatic carbocycles. The number of rotatable bonds is 7. The van der Waals surface area contributed by atoms with Crippen molar-refractivity contribution in [3.05, 3.63) is 0 Å². The molecule has 1 heterocycles. The Morgan fingerprint density at radius 1 is 1.47 bits per heavy atom. The van der Waals surface area contributed by atoms with E-state index >= 15 is 0 Å². The predicted molar refractivity (Wildman–Crippen MR) is 65.6 cm³/mol. The molecule has 2 N–H and O–H groups in total. The highest BCUT2D eigenvalue weighted by Gasteiger charge is 2.22. The largest absolute Gasteiger partial charge is 0.393 e. The second kappa shape index (κ2) is 6.93. The summed E-state index contributed by atoms with van der Waals surface area (Å²) in [7, 11) is 1.91. The Balaban J connectivity index is 2.19. The third kappa shape index (κ3) is 5.48. The minimum atomic E-state index is -0.504. The maximum atomic E-state index is 11.4. The Kier molecular flexibility index (Phi) is 5.88. The van der Waals surface area contributed by atoms with Crippen LogP contribution in [-0.2, 0) is 4.79 Å². The van der Waals surface area contributed by atoms with Gasteiger partial charge >= 0.3 is 0 Å². The smallest absolute Gasteiger partial charge is 0.222 e. The van der Waals surface area contributed by atoms with Crippen molar-refractivity contribution in [3.8, 4) is 0 Å². The maximum absolute atomic E-state index is 11.4. The van der Waals surface area contributed by atoms with Crippen LogP contribution in [0, 0.1) is 0 Å². The first kappa shape index (κ1) is 14.4. The molecule has 1 aliphatic heterocycles. The molecule has 5 heteroatoms. The van der Waals surface area contributed by atoms with E-state index in [-0.39, 0.29) is 12.0 Å². The number of carbonyl (C=O) groups is 1. The second-order valence-electron chi connectivity index (χ2n) is 5.00. The molecule has 1 fully saturated rings. The molecule has 1 saturated heterocycles. The molecule has 100 valence electrons. The number of aliphatic hydroxyl groups excluding tert-OH is 2. The van der Waals surface area contributed by atoms with Gasteiger partial charge in [0, 0.05) is 32.6 Å². The van der Waals surface area contributed by atoms with E-state index < -0.39 is 6.10 Å². The highest BCUT2D eigenvalue weighted by atomic mass is 16.3. The van der Waals surface area contributed by atoms with Gasteiger partial charge < -0.3 is 20.0 Å². The van der Waals surface area contributed by atoms with E-state index in [9.17, 15) is 9.90 Å². The Morgan fingerprint density at radius 2 is 2.18 bits per heavy atom. The lowest BCUT2D eigenvalue weighted by Crippen LogP contribution is -2.40. The molecule has 2 unspecified atom stereocenters. The number of likely N-dealkylation sites (tertiary alicyclic amines) is 1. The maximum Gasteiger partial charge on any atom is 0.222 e. The highest BCUT2D eigenvalue weighted by molar-refractivity contribution is 5.78. The third-order valence-corrected chi connectivity index (χ3v) is 3.05. The first-order valence-corrected chi connectivity index (χ1v) is 6.31. The zero-order valence-electron chi connectivity index (χ0n) is 10.8. The molecule has 0 spiro atoms. The predicted octanol–water partition coefficient (Wildman–Crippen LogP) is -0.328. The van der Waals surface area contributed by atoms with Crippen LogP contribution in [0.1, 0.15) is 26.2 Å². The van der Waals surface area contributed by atoms with Crippen molar-refractivity contribution in [1.82, 2.24) is 9.80 Å². The van der Waals surface area contributed by atoms with Gasteiger partial charge in [0.15, 0.2) is 0 Å². The van der Waals surface area contributed by atoms with Crippen molar-refractivity contribution < 1.29 is 15.0 Å². The summed E-state index contributed by atoms with van der Waals surface area (Å²) in [6.07, 6.45) is 1.41. The van der Waals surface area contributed by atoms with Crippen molar-refractivity contribution in [2.45, 2.75) is 38.4 Å². The fourth-order valence-electron chi connectivity index (χ4n) is 2.07. The van der Waals surface area contributed by atoms with Crippen molar-refractivity contribution >= 4 is 5.91 Å². The number of hydrogen-bond donors (Lipinski definition) is 2. The van der Waals surface area contributed by atoms with Crippen LogP contribution in [0.2, 0.25) is 0 Å². The van der Waals surface area contributed by atoms with E-state index in [1.807, 2.05) is 11.9 Å². The number of amides is 1. The van der Waals surface area contributed by atoms with E-state index in [4.69, 9.17) is 5.11 Å². The van der Waals surface area contributed by atoms with E-state index in [0.717, 1.165) is 19.5 Å². The SMILES string of the molecule is CC(O)CCN(C)CC(O)CN1CCCC1=O. The molecule has 0 radical (unpaired) electrons. The number of β-amino-alcohol motifs (C(OH)–C–C–N with tert-alkyl or cyclic N) is 1. The topological polar surface area (TPSA) is 64.0 Å². The van der Waals surface area contributed by atoms with E-state index in [1.165, 1.54) is 0 Å². The summed E-state index contributed by atoms with van der Waals surface area (Å²) in [6.45, 7) is 4.25. The van der Waals surface area contributed by atoms with Crippen LogP contribution >= 0.6 is 0 Å². The van der Waals surface area contributed by atoms with Gasteiger partial charge in [-0.2, -0.15) is 0 Å². The molecule has 0 aromatic heterocycles. The van der Waals surface area contributed by atoms with Crippen molar-refractivity contribution in [2.75, 3.05) is 33.2 Å². The molecule has 1 aliphatic rings. The van der Waals surface area contributed by atoms with Crippen LogP contribution in [0.15, 0.2) is 0 Å². The lowest BCUT2D eigenvalue weighted by molar-refractivity contribution is -0.129. The summed E-state index contributed by atoms with van der Waals surface area (Å²) in [5.74, 6) is 0.149. The summed E-state index contributed by atoms with van der Waals surface area (Å²) in [4.78, 5) is 15.1. The standard InChI is InChI=1S/C12H24N2O3/c1-10(15)5-7-13(2)8-11(16)9-14-6-3-4-12(14)17/h10-11,15-16H,3-9H2,1-2H3. The lowest BCUT2D eigenvalue weighted by atomic mass is 10.2. The first-order valence-electron chi connectivity index (χ1n) is 6.31. The Labute approximate surface area is 103 Å². The summed E-state index contributed by atoms with van der Waals surface area (Å²) in [5.41, 5.74) is 0. The summed E-state index contributed by atoms with van der Waals surface area (Å²) in [5, 5.41) is 19.0. The average molecular weight is 244 g/mol. The molecule has 0 aromatic rings. The first-order chi connectivity index (χ1) is 7.99. The van der Waals surface area contributed by atoms with Crippen LogP contribution in [0.4, 0.5) is 0 Å². The number of carbonyl (C=O) groups excluding carboxylic acids is 1. The Morgan fingerprint density at radius 3 is 2.71 bits per heavy atom. The second-order valence-corrected chi connectivity index (χ2v) is 5.00. The van der Waals surface area contributed by atoms with Gasteiger partial charge in [-0.1, -0.05) is 0 Å². The van der Waals surface area contributed by atoms with Crippen molar-refractivity contribution in [3.63, 3.8) is 0 Å². The molecular weight excluding hydrogens is 220 g/mol. The molecule has 1 amide bonds. The Hall–Kier alpha value is -0.650. The van der Waals surface area contributed by atoms with Crippen LogP contribution in [-0.4, -0.2) is 71.4 Å². The van der Waals surface area contributed by atoms with Crippen molar-refractivity contribution in [1.29, 1.82) is 0 Å². The van der Waals surface area contributed by atoms with Crippen molar-refractivity contribution in [2.24, 2.45) is 0 Å². The number of nitrogens with zero attached hydrogens (tertiary/aromatic N) is 2. The van der Waals surface area contributed by atoms with Gasteiger partial charge in [0.05, 0.1) is 12.2 Å². The van der Waals surface area contributed by atoms with Gasteiger partial charge in [-0.3, -0.25) is 4.79 Å². The molecule has 1 rings (SSSR count). The van der Waals surface area contributed by atoms with Crippen LogP contribution in [0.25, 0.3) is 0 Å². The Bertz CT molecular complexity index is 246. The van der Waals surface area contributed by atoms with E-state index in [1.54, 1.807) is 11.8 Å². The average Bonchev–Trinajstić information content (AvgIpc) is 2.61.